The number of aryl methyl sites for hydroxylation is 1. The van der Waals surface area contributed by atoms with Gasteiger partial charge in [-0.25, -0.2) is 0 Å². The molecule has 0 N–H and O–H groups in total. The van der Waals surface area contributed by atoms with Crippen LogP contribution in [0.25, 0.3) is 0 Å². The standard InChI is InChI=1S/C25H35N5O/c31-24(14-6-10-20-8-2-1-3-9-20)29-15-7-11-21(18-29)25-27-26-23-19-28(16-17-30(23)25)22-12-4-5-13-22/h1-3,8-9,21-22H,4-7,10-19H2. The van der Waals surface area contributed by atoms with E-state index in [1.165, 1.54) is 31.2 Å². The first-order valence-corrected chi connectivity index (χ1v) is 12.3. The van der Waals surface area contributed by atoms with Gasteiger partial charge < -0.3 is 9.47 Å². The second-order valence-corrected chi connectivity index (χ2v) is 9.55. The molecular weight excluding hydrogens is 386 g/mol. The van der Waals surface area contributed by atoms with Gasteiger partial charge in [0.05, 0.1) is 6.54 Å². The molecule has 1 aromatic heterocycles. The molecule has 2 aliphatic heterocycles. The lowest BCUT2D eigenvalue weighted by Crippen LogP contribution is -2.42. The minimum absolute atomic E-state index is 0.298. The van der Waals surface area contributed by atoms with Crippen molar-refractivity contribution >= 4 is 5.91 Å². The molecule has 1 aromatic carbocycles. The lowest BCUT2D eigenvalue weighted by molar-refractivity contribution is -0.132. The Morgan fingerprint density at radius 3 is 2.65 bits per heavy atom. The van der Waals surface area contributed by atoms with Crippen molar-refractivity contribution in [2.24, 2.45) is 0 Å². The smallest absolute Gasteiger partial charge is 0.222 e. The number of nitrogens with zero attached hydrogens (tertiary/aromatic N) is 5. The van der Waals surface area contributed by atoms with Gasteiger partial charge >= 0.3 is 0 Å². The highest BCUT2D eigenvalue weighted by molar-refractivity contribution is 5.76. The molecule has 2 aromatic rings. The molecule has 3 aliphatic rings. The summed E-state index contributed by atoms with van der Waals surface area (Å²) in [4.78, 5) is 17.6. The van der Waals surface area contributed by atoms with Crippen molar-refractivity contribution in [2.75, 3.05) is 19.6 Å². The largest absolute Gasteiger partial charge is 0.342 e. The molecule has 0 bridgehead atoms. The van der Waals surface area contributed by atoms with Crippen molar-refractivity contribution in [3.05, 3.63) is 47.5 Å². The molecule has 1 unspecified atom stereocenters. The van der Waals surface area contributed by atoms with Crippen LogP contribution < -0.4 is 0 Å². The van der Waals surface area contributed by atoms with Crippen LogP contribution in [0.2, 0.25) is 0 Å². The number of carbonyl (C=O) groups is 1. The van der Waals surface area contributed by atoms with Crippen LogP contribution in [0.1, 0.15) is 74.5 Å². The molecule has 6 heteroatoms. The van der Waals surface area contributed by atoms with Gasteiger partial charge in [0, 0.05) is 44.6 Å². The number of amides is 1. The Kier molecular flexibility index (Phi) is 6.35. The topological polar surface area (TPSA) is 54.3 Å². The number of carbonyl (C=O) groups excluding carboxylic acids is 1. The Morgan fingerprint density at radius 2 is 1.81 bits per heavy atom. The van der Waals surface area contributed by atoms with E-state index >= 15 is 0 Å². The fourth-order valence-electron chi connectivity index (χ4n) is 5.74. The van der Waals surface area contributed by atoms with E-state index in [1.54, 1.807) is 0 Å². The molecule has 6 nitrogen and oxygen atoms in total. The first kappa shape index (κ1) is 20.7. The van der Waals surface area contributed by atoms with Crippen LogP contribution in [-0.4, -0.2) is 56.1 Å². The fraction of sp³-hybridized carbons (Fsp3) is 0.640. The summed E-state index contributed by atoms with van der Waals surface area (Å²) in [5, 5.41) is 9.20. The van der Waals surface area contributed by atoms with Gasteiger partial charge in [-0.05, 0) is 44.1 Å². The second kappa shape index (κ2) is 9.51. The summed E-state index contributed by atoms with van der Waals surface area (Å²) in [6.07, 6.45) is 10.1. The van der Waals surface area contributed by atoms with Gasteiger partial charge in [-0.15, -0.1) is 10.2 Å². The van der Waals surface area contributed by atoms with Gasteiger partial charge in [0.15, 0.2) is 0 Å². The monoisotopic (exact) mass is 421 g/mol. The first-order chi connectivity index (χ1) is 15.3. The van der Waals surface area contributed by atoms with E-state index in [0.717, 1.165) is 76.1 Å². The lowest BCUT2D eigenvalue weighted by atomic mass is 9.96. The number of hydrogen-bond acceptors (Lipinski definition) is 4. The molecule has 31 heavy (non-hydrogen) atoms. The van der Waals surface area contributed by atoms with E-state index in [4.69, 9.17) is 0 Å². The van der Waals surface area contributed by atoms with Crippen molar-refractivity contribution in [3.63, 3.8) is 0 Å². The zero-order chi connectivity index (χ0) is 21.0. The SMILES string of the molecule is O=C(CCCc1ccccc1)N1CCCC(c2nnc3n2CCN(C2CCCC2)C3)C1. The van der Waals surface area contributed by atoms with Gasteiger partial charge in [0.1, 0.15) is 11.6 Å². The minimum Gasteiger partial charge on any atom is -0.342 e. The van der Waals surface area contributed by atoms with E-state index in [9.17, 15) is 4.79 Å². The number of fused-ring (bicyclic) bond motifs is 1. The van der Waals surface area contributed by atoms with Crippen molar-refractivity contribution < 1.29 is 4.79 Å². The number of piperidine rings is 1. The van der Waals surface area contributed by atoms with E-state index in [1.807, 2.05) is 6.07 Å². The predicted octanol–water partition coefficient (Wildman–Crippen LogP) is 3.77. The van der Waals surface area contributed by atoms with E-state index in [2.05, 4.69) is 48.8 Å². The van der Waals surface area contributed by atoms with Crippen LogP contribution in [0.5, 0.6) is 0 Å². The molecule has 0 radical (unpaired) electrons. The van der Waals surface area contributed by atoms with Crippen LogP contribution in [0.3, 0.4) is 0 Å². The Morgan fingerprint density at radius 1 is 0.968 bits per heavy atom. The highest BCUT2D eigenvalue weighted by Crippen LogP contribution is 2.30. The van der Waals surface area contributed by atoms with E-state index in [-0.39, 0.29) is 0 Å². The van der Waals surface area contributed by atoms with E-state index in [0.29, 0.717) is 18.2 Å². The molecule has 5 rings (SSSR count). The highest BCUT2D eigenvalue weighted by atomic mass is 16.2. The molecular formula is C25H35N5O. The van der Waals surface area contributed by atoms with Gasteiger partial charge in [0.2, 0.25) is 5.91 Å². The number of hydrogen-bond donors (Lipinski definition) is 0. The predicted molar refractivity (Wildman–Crippen MR) is 121 cm³/mol. The highest BCUT2D eigenvalue weighted by Gasteiger charge is 2.32. The van der Waals surface area contributed by atoms with Crippen LogP contribution in [0, 0.1) is 0 Å². The third kappa shape index (κ3) is 4.69. The van der Waals surface area contributed by atoms with Gasteiger partial charge in [-0.2, -0.15) is 0 Å². The molecule has 2 fully saturated rings. The number of benzene rings is 1. The van der Waals surface area contributed by atoms with Crippen LogP contribution >= 0.6 is 0 Å². The van der Waals surface area contributed by atoms with Gasteiger partial charge in [-0.1, -0.05) is 43.2 Å². The van der Waals surface area contributed by atoms with Crippen molar-refractivity contribution in [3.8, 4) is 0 Å². The summed E-state index contributed by atoms with van der Waals surface area (Å²) in [6.45, 7) is 4.73. The summed E-state index contributed by atoms with van der Waals surface area (Å²) in [6, 6.07) is 11.2. The Bertz CT molecular complexity index is 873. The summed E-state index contributed by atoms with van der Waals surface area (Å²) in [5.41, 5.74) is 1.31. The fourth-order valence-corrected chi connectivity index (χ4v) is 5.74. The maximum Gasteiger partial charge on any atom is 0.222 e. The summed E-state index contributed by atoms with van der Waals surface area (Å²) < 4.78 is 2.36. The number of aromatic nitrogens is 3. The third-order valence-electron chi connectivity index (χ3n) is 7.49. The van der Waals surface area contributed by atoms with E-state index < -0.39 is 0 Å². The minimum atomic E-state index is 0.298. The molecule has 1 aliphatic carbocycles. The Labute approximate surface area is 185 Å². The first-order valence-electron chi connectivity index (χ1n) is 12.3. The molecule has 1 amide bonds. The zero-order valence-corrected chi connectivity index (χ0v) is 18.6. The Balaban J connectivity index is 1.17. The normalized spacial score (nSPS) is 22.6. The third-order valence-corrected chi connectivity index (χ3v) is 7.49. The van der Waals surface area contributed by atoms with Crippen molar-refractivity contribution in [2.45, 2.75) is 82.8 Å². The molecule has 166 valence electrons. The van der Waals surface area contributed by atoms with Crippen molar-refractivity contribution in [1.82, 2.24) is 24.6 Å². The summed E-state index contributed by atoms with van der Waals surface area (Å²) >= 11 is 0. The lowest BCUT2D eigenvalue weighted by Gasteiger charge is -2.35. The van der Waals surface area contributed by atoms with Gasteiger partial charge in [0.25, 0.3) is 0 Å². The Hall–Kier alpha value is -2.21. The molecule has 1 atom stereocenters. The molecule has 3 heterocycles. The van der Waals surface area contributed by atoms with Crippen LogP contribution in [-0.2, 0) is 24.3 Å². The molecule has 1 saturated carbocycles. The van der Waals surface area contributed by atoms with Crippen LogP contribution in [0.15, 0.2) is 30.3 Å². The summed E-state index contributed by atoms with van der Waals surface area (Å²) in [7, 11) is 0. The number of rotatable bonds is 6. The zero-order valence-electron chi connectivity index (χ0n) is 18.6. The van der Waals surface area contributed by atoms with Crippen LogP contribution in [0.4, 0.5) is 0 Å². The quantitative estimate of drug-likeness (QED) is 0.713. The summed E-state index contributed by atoms with van der Waals surface area (Å²) in [5.74, 6) is 2.86. The second-order valence-electron chi connectivity index (χ2n) is 9.55. The number of likely N-dealkylation sites (tertiary alicyclic amines) is 1. The van der Waals surface area contributed by atoms with Crippen molar-refractivity contribution in [1.29, 1.82) is 0 Å². The average Bonchev–Trinajstić information content (AvgIpc) is 3.50. The average molecular weight is 422 g/mol. The van der Waals surface area contributed by atoms with Gasteiger partial charge in [-0.3, -0.25) is 9.69 Å². The molecule has 0 spiro atoms. The molecule has 1 saturated heterocycles. The maximum atomic E-state index is 12.9. The maximum absolute atomic E-state index is 12.9.